The average molecular weight is 323 g/mol. The zero-order chi connectivity index (χ0) is 14.6. The molecule has 1 N–H and O–H groups in total. The Morgan fingerprint density at radius 1 is 1.53 bits per heavy atom. The topological polar surface area (TPSA) is 49.4 Å². The van der Waals surface area contributed by atoms with E-state index in [9.17, 15) is 8.42 Å². The van der Waals surface area contributed by atoms with E-state index in [1.807, 2.05) is 32.5 Å². The van der Waals surface area contributed by atoms with Crippen LogP contribution >= 0.6 is 23.1 Å². The molecule has 1 atom stereocenters. The molecule has 0 saturated carbocycles. The Kier molecular flexibility index (Phi) is 6.32. The molecule has 0 aliphatic heterocycles. The van der Waals surface area contributed by atoms with Crippen LogP contribution in [-0.4, -0.2) is 44.9 Å². The Morgan fingerprint density at radius 3 is 2.68 bits per heavy atom. The highest BCUT2D eigenvalue weighted by atomic mass is 32.2. The van der Waals surface area contributed by atoms with Crippen molar-refractivity contribution in [3.8, 4) is 0 Å². The third kappa shape index (κ3) is 3.72. The van der Waals surface area contributed by atoms with Crippen LogP contribution in [0.5, 0.6) is 0 Å². The van der Waals surface area contributed by atoms with Crippen LogP contribution in [0.4, 0.5) is 0 Å². The second-order valence-electron chi connectivity index (χ2n) is 4.53. The molecular weight excluding hydrogens is 300 g/mol. The lowest BCUT2D eigenvalue weighted by molar-refractivity contribution is 0.414. The van der Waals surface area contributed by atoms with Crippen molar-refractivity contribution in [1.29, 1.82) is 0 Å². The van der Waals surface area contributed by atoms with E-state index >= 15 is 0 Å². The molecule has 1 unspecified atom stereocenters. The maximum Gasteiger partial charge on any atom is 0.244 e. The van der Waals surface area contributed by atoms with Gasteiger partial charge in [0.05, 0.1) is 0 Å². The Balaban J connectivity index is 3.16. The summed E-state index contributed by atoms with van der Waals surface area (Å²) in [5, 5.41) is 4.94. The Morgan fingerprint density at radius 2 is 2.16 bits per heavy atom. The van der Waals surface area contributed by atoms with Crippen LogP contribution in [0.1, 0.15) is 17.4 Å². The van der Waals surface area contributed by atoms with Gasteiger partial charge in [-0.15, -0.1) is 11.3 Å². The number of sulfonamides is 1. The van der Waals surface area contributed by atoms with Gasteiger partial charge in [0.25, 0.3) is 0 Å². The lowest BCUT2D eigenvalue weighted by Crippen LogP contribution is -2.37. The van der Waals surface area contributed by atoms with E-state index in [4.69, 9.17) is 0 Å². The molecule has 1 aromatic heterocycles. The van der Waals surface area contributed by atoms with E-state index in [0.29, 0.717) is 11.4 Å². The Bertz CT molecular complexity index is 511. The maximum atomic E-state index is 12.7. The van der Waals surface area contributed by atoms with E-state index in [1.165, 1.54) is 15.6 Å². The molecule has 0 aliphatic carbocycles. The van der Waals surface area contributed by atoms with Gasteiger partial charge >= 0.3 is 0 Å². The van der Waals surface area contributed by atoms with Crippen molar-refractivity contribution in [1.82, 2.24) is 9.62 Å². The molecule has 1 heterocycles. The lowest BCUT2D eigenvalue weighted by atomic mass is 10.3. The molecule has 0 aliphatic rings. The van der Waals surface area contributed by atoms with E-state index in [2.05, 4.69) is 5.32 Å². The molecule has 4 nitrogen and oxygen atoms in total. The average Bonchev–Trinajstić information content (AvgIpc) is 2.71. The first kappa shape index (κ1) is 17.0. The minimum absolute atomic E-state index is 0.0123. The molecule has 0 aromatic carbocycles. The molecule has 110 valence electrons. The molecule has 1 aromatic rings. The summed E-state index contributed by atoms with van der Waals surface area (Å²) in [5.74, 6) is 0.792. The van der Waals surface area contributed by atoms with E-state index in [-0.39, 0.29) is 6.04 Å². The van der Waals surface area contributed by atoms with Crippen LogP contribution < -0.4 is 5.32 Å². The first-order valence-corrected chi connectivity index (χ1v) is 9.76. The summed E-state index contributed by atoms with van der Waals surface area (Å²) in [7, 11) is 0.0779. The summed E-state index contributed by atoms with van der Waals surface area (Å²) in [6.45, 7) is 4.38. The summed E-state index contributed by atoms with van der Waals surface area (Å²) in [6, 6.07) is -0.0123. The quantitative estimate of drug-likeness (QED) is 0.836. The van der Waals surface area contributed by atoms with Gasteiger partial charge in [0.1, 0.15) is 4.90 Å². The number of thiophene rings is 1. The number of nitrogens with zero attached hydrogens (tertiary/aromatic N) is 1. The SMILES string of the molecule is CNCc1scc(C)c1S(=O)(=O)N(C)C(C)CSC. The van der Waals surface area contributed by atoms with Crippen LogP contribution in [0.2, 0.25) is 0 Å². The monoisotopic (exact) mass is 322 g/mol. The van der Waals surface area contributed by atoms with Gasteiger partial charge in [-0.1, -0.05) is 0 Å². The lowest BCUT2D eigenvalue weighted by Gasteiger charge is -2.24. The van der Waals surface area contributed by atoms with Crippen LogP contribution in [0.3, 0.4) is 0 Å². The zero-order valence-corrected chi connectivity index (χ0v) is 14.5. The largest absolute Gasteiger partial charge is 0.315 e. The van der Waals surface area contributed by atoms with Crippen molar-refractivity contribution >= 4 is 33.1 Å². The number of rotatable bonds is 7. The van der Waals surface area contributed by atoms with Gasteiger partial charge in [-0.25, -0.2) is 8.42 Å². The fourth-order valence-electron chi connectivity index (χ4n) is 1.84. The third-order valence-electron chi connectivity index (χ3n) is 2.99. The molecule has 19 heavy (non-hydrogen) atoms. The van der Waals surface area contributed by atoms with Gasteiger partial charge in [0.15, 0.2) is 0 Å². The molecule has 0 spiro atoms. The number of aryl methyl sites for hydroxylation is 1. The van der Waals surface area contributed by atoms with Gasteiger partial charge < -0.3 is 5.32 Å². The normalized spacial score (nSPS) is 14.0. The molecule has 1 rings (SSSR count). The van der Waals surface area contributed by atoms with Crippen molar-refractivity contribution in [2.75, 3.05) is 26.1 Å². The molecular formula is C12H22N2O2S3. The van der Waals surface area contributed by atoms with Crippen LogP contribution in [-0.2, 0) is 16.6 Å². The summed E-state index contributed by atoms with van der Waals surface area (Å²) < 4.78 is 26.9. The smallest absolute Gasteiger partial charge is 0.244 e. The van der Waals surface area contributed by atoms with E-state index in [1.54, 1.807) is 18.8 Å². The van der Waals surface area contributed by atoms with Crippen molar-refractivity contribution in [3.05, 3.63) is 15.8 Å². The van der Waals surface area contributed by atoms with Crippen molar-refractivity contribution in [2.45, 2.75) is 31.3 Å². The molecule has 0 fully saturated rings. The fourth-order valence-corrected chi connectivity index (χ4v) is 5.77. The highest BCUT2D eigenvalue weighted by Gasteiger charge is 2.29. The maximum absolute atomic E-state index is 12.7. The van der Waals surface area contributed by atoms with Crippen molar-refractivity contribution in [2.24, 2.45) is 0 Å². The van der Waals surface area contributed by atoms with E-state index < -0.39 is 10.0 Å². The van der Waals surface area contributed by atoms with Gasteiger partial charge in [0.2, 0.25) is 10.0 Å². The Labute approximate surface area is 124 Å². The minimum atomic E-state index is -3.41. The first-order valence-electron chi connectivity index (χ1n) is 6.04. The first-order chi connectivity index (χ1) is 8.86. The van der Waals surface area contributed by atoms with Gasteiger partial charge in [-0.2, -0.15) is 16.1 Å². The number of thioether (sulfide) groups is 1. The minimum Gasteiger partial charge on any atom is -0.315 e. The molecule has 0 radical (unpaired) electrons. The number of hydrogen-bond acceptors (Lipinski definition) is 5. The summed E-state index contributed by atoms with van der Waals surface area (Å²) in [4.78, 5) is 1.35. The highest BCUT2D eigenvalue weighted by molar-refractivity contribution is 7.98. The van der Waals surface area contributed by atoms with Crippen molar-refractivity contribution in [3.63, 3.8) is 0 Å². The zero-order valence-electron chi connectivity index (χ0n) is 12.1. The van der Waals surface area contributed by atoms with E-state index in [0.717, 1.165) is 16.2 Å². The van der Waals surface area contributed by atoms with Crippen LogP contribution in [0, 0.1) is 6.92 Å². The highest BCUT2D eigenvalue weighted by Crippen LogP contribution is 2.30. The number of hydrogen-bond donors (Lipinski definition) is 1. The molecule has 0 saturated heterocycles. The predicted octanol–water partition coefficient (Wildman–Crippen LogP) is 2.15. The third-order valence-corrected chi connectivity index (χ3v) is 7.24. The summed E-state index contributed by atoms with van der Waals surface area (Å²) in [6.07, 6.45) is 1.99. The molecule has 0 bridgehead atoms. The van der Waals surface area contributed by atoms with Gasteiger partial charge in [-0.3, -0.25) is 0 Å². The van der Waals surface area contributed by atoms with Crippen LogP contribution in [0.15, 0.2) is 10.3 Å². The summed E-state index contributed by atoms with van der Waals surface area (Å²) in [5.41, 5.74) is 0.832. The molecule has 0 amide bonds. The standard InChI is InChI=1S/C12H22N2O2S3/c1-9-7-18-11(6-13-3)12(9)19(15,16)14(4)10(2)8-17-5/h7,10,13H,6,8H2,1-5H3. The van der Waals surface area contributed by atoms with Gasteiger partial charge in [0, 0.05) is 30.3 Å². The Hall–Kier alpha value is -0.0800. The molecule has 7 heteroatoms. The fraction of sp³-hybridized carbons (Fsp3) is 0.667. The van der Waals surface area contributed by atoms with Crippen molar-refractivity contribution < 1.29 is 8.42 Å². The second-order valence-corrected chi connectivity index (χ2v) is 8.34. The van der Waals surface area contributed by atoms with Crippen LogP contribution in [0.25, 0.3) is 0 Å². The van der Waals surface area contributed by atoms with Gasteiger partial charge in [-0.05, 0) is 38.1 Å². The number of nitrogens with one attached hydrogen (secondary N) is 1. The predicted molar refractivity (Wildman–Crippen MR) is 84.6 cm³/mol. The second kappa shape index (κ2) is 7.08. The summed E-state index contributed by atoms with van der Waals surface area (Å²) >= 11 is 3.15.